The van der Waals surface area contributed by atoms with Crippen molar-refractivity contribution in [1.29, 1.82) is 5.26 Å². The van der Waals surface area contributed by atoms with Gasteiger partial charge in [-0.2, -0.15) is 10.2 Å². The van der Waals surface area contributed by atoms with Crippen LogP contribution in [0, 0.1) is 25.2 Å². The summed E-state index contributed by atoms with van der Waals surface area (Å²) < 4.78 is 18.0. The Hall–Kier alpha value is -3.51. The molecule has 8 heteroatoms. The smallest absolute Gasteiger partial charge is 0.230 e. The van der Waals surface area contributed by atoms with Crippen molar-refractivity contribution < 1.29 is 14.2 Å². The first kappa shape index (κ1) is 22.3. The third kappa shape index (κ3) is 4.73. The largest absolute Gasteiger partial charge is 0.438 e. The molecule has 5 rings (SSSR count). The Balaban J connectivity index is 1.45. The lowest BCUT2D eigenvalue weighted by molar-refractivity contribution is -0.183. The topological polar surface area (TPSA) is 101 Å². The number of nitrogens with zero attached hydrogens (tertiary/aromatic N) is 3. The molecule has 0 aliphatic carbocycles. The standard InChI is InChI=1S/C26H27N5O3/c1-16-12-19(25-32-10-3-11-33-25)13-17(2)23(16)34-24-21-8-9-28-15-22(21)30-26(31-24)29-20-6-4-18(14-27)5-7-20/h4-7,12-13,25,28H,3,8-11,15H2,1-2H3,(H,29,30,31). The highest BCUT2D eigenvalue weighted by Crippen LogP contribution is 2.35. The monoisotopic (exact) mass is 457 g/mol. The Labute approximate surface area is 198 Å². The molecule has 1 aromatic heterocycles. The zero-order valence-corrected chi connectivity index (χ0v) is 19.4. The summed E-state index contributed by atoms with van der Waals surface area (Å²) in [6.45, 7) is 6.97. The Morgan fingerprint density at radius 1 is 1.09 bits per heavy atom. The van der Waals surface area contributed by atoms with Crippen LogP contribution in [0.4, 0.5) is 11.6 Å². The van der Waals surface area contributed by atoms with Crippen LogP contribution in [0.2, 0.25) is 0 Å². The quantitative estimate of drug-likeness (QED) is 0.574. The Morgan fingerprint density at radius 3 is 2.53 bits per heavy atom. The highest BCUT2D eigenvalue weighted by Gasteiger charge is 2.23. The van der Waals surface area contributed by atoms with Crippen molar-refractivity contribution in [3.63, 3.8) is 0 Å². The molecule has 0 saturated carbocycles. The number of anilines is 2. The summed E-state index contributed by atoms with van der Waals surface area (Å²) in [6, 6.07) is 13.4. The molecule has 0 unspecified atom stereocenters. The molecule has 2 aliphatic heterocycles. The first-order valence-electron chi connectivity index (χ1n) is 11.5. The average Bonchev–Trinajstić information content (AvgIpc) is 2.87. The minimum Gasteiger partial charge on any atom is -0.438 e. The van der Waals surface area contributed by atoms with E-state index in [2.05, 4.69) is 28.8 Å². The predicted octanol–water partition coefficient (Wildman–Crippen LogP) is 4.58. The number of ether oxygens (including phenoxy) is 3. The minimum atomic E-state index is -0.332. The van der Waals surface area contributed by atoms with Gasteiger partial charge in [0, 0.05) is 23.4 Å². The normalized spacial score (nSPS) is 15.9. The molecule has 1 fully saturated rings. The zero-order chi connectivity index (χ0) is 23.5. The lowest BCUT2D eigenvalue weighted by Crippen LogP contribution is -2.26. The van der Waals surface area contributed by atoms with Crippen LogP contribution in [0.5, 0.6) is 11.6 Å². The van der Waals surface area contributed by atoms with Gasteiger partial charge in [0.1, 0.15) is 5.75 Å². The van der Waals surface area contributed by atoms with E-state index in [4.69, 9.17) is 29.4 Å². The van der Waals surface area contributed by atoms with Crippen LogP contribution < -0.4 is 15.4 Å². The second-order valence-electron chi connectivity index (χ2n) is 8.53. The zero-order valence-electron chi connectivity index (χ0n) is 19.4. The summed E-state index contributed by atoms with van der Waals surface area (Å²) in [5, 5.41) is 15.6. The van der Waals surface area contributed by atoms with Gasteiger partial charge in [0.05, 0.1) is 30.5 Å². The van der Waals surface area contributed by atoms with E-state index in [9.17, 15) is 0 Å². The van der Waals surface area contributed by atoms with Gasteiger partial charge in [-0.3, -0.25) is 0 Å². The van der Waals surface area contributed by atoms with Gasteiger partial charge < -0.3 is 24.8 Å². The van der Waals surface area contributed by atoms with E-state index in [0.717, 1.165) is 58.8 Å². The van der Waals surface area contributed by atoms with E-state index >= 15 is 0 Å². The van der Waals surface area contributed by atoms with Gasteiger partial charge in [-0.05, 0) is 80.8 Å². The van der Waals surface area contributed by atoms with E-state index < -0.39 is 0 Å². The van der Waals surface area contributed by atoms with Crippen LogP contribution in [0.15, 0.2) is 36.4 Å². The summed E-state index contributed by atoms with van der Waals surface area (Å²) in [5.74, 6) is 1.80. The van der Waals surface area contributed by atoms with Crippen LogP contribution in [0.1, 0.15) is 46.2 Å². The van der Waals surface area contributed by atoms with E-state index in [1.54, 1.807) is 12.1 Å². The van der Waals surface area contributed by atoms with Gasteiger partial charge in [-0.25, -0.2) is 4.98 Å². The molecule has 0 amide bonds. The van der Waals surface area contributed by atoms with Crippen LogP contribution in [0.25, 0.3) is 0 Å². The SMILES string of the molecule is Cc1cc(C2OCCCO2)cc(C)c1Oc1nc(Nc2ccc(C#N)cc2)nc2c1CCNC2. The molecule has 3 aromatic rings. The number of fused-ring (bicyclic) bond motifs is 1. The van der Waals surface area contributed by atoms with Crippen LogP contribution in [0.3, 0.4) is 0 Å². The van der Waals surface area contributed by atoms with Crippen LogP contribution in [-0.4, -0.2) is 29.7 Å². The van der Waals surface area contributed by atoms with Crippen molar-refractivity contribution in [2.45, 2.75) is 39.5 Å². The maximum atomic E-state index is 9.03. The molecule has 8 nitrogen and oxygen atoms in total. The highest BCUT2D eigenvalue weighted by molar-refractivity contribution is 5.56. The number of hydrogen-bond donors (Lipinski definition) is 2. The second-order valence-corrected chi connectivity index (χ2v) is 8.53. The highest BCUT2D eigenvalue weighted by atomic mass is 16.7. The number of nitriles is 1. The molecule has 3 heterocycles. The predicted molar refractivity (Wildman–Crippen MR) is 127 cm³/mol. The number of hydrogen-bond acceptors (Lipinski definition) is 8. The molecule has 0 atom stereocenters. The Bertz CT molecular complexity index is 1210. The van der Waals surface area contributed by atoms with Crippen molar-refractivity contribution in [3.05, 3.63) is 69.9 Å². The molecule has 2 aromatic carbocycles. The molecular weight excluding hydrogens is 430 g/mol. The third-order valence-electron chi connectivity index (χ3n) is 5.95. The molecule has 34 heavy (non-hydrogen) atoms. The van der Waals surface area contributed by atoms with Crippen molar-refractivity contribution in [1.82, 2.24) is 15.3 Å². The second kappa shape index (κ2) is 9.77. The average molecular weight is 458 g/mol. The fraction of sp³-hybridized carbons (Fsp3) is 0.346. The molecule has 2 aliphatic rings. The lowest BCUT2D eigenvalue weighted by atomic mass is 10.0. The van der Waals surface area contributed by atoms with E-state index in [-0.39, 0.29) is 6.29 Å². The molecule has 0 bridgehead atoms. The number of aryl methyl sites for hydroxylation is 2. The van der Waals surface area contributed by atoms with E-state index in [1.807, 2.05) is 26.0 Å². The van der Waals surface area contributed by atoms with Crippen molar-refractivity contribution >= 4 is 11.6 Å². The number of rotatable bonds is 5. The third-order valence-corrected chi connectivity index (χ3v) is 5.95. The Morgan fingerprint density at radius 2 is 1.82 bits per heavy atom. The fourth-order valence-corrected chi connectivity index (χ4v) is 4.28. The molecule has 2 N–H and O–H groups in total. The molecular formula is C26H27N5O3. The van der Waals surface area contributed by atoms with Gasteiger partial charge in [0.15, 0.2) is 6.29 Å². The number of aromatic nitrogens is 2. The van der Waals surface area contributed by atoms with Crippen LogP contribution >= 0.6 is 0 Å². The summed E-state index contributed by atoms with van der Waals surface area (Å²) in [7, 11) is 0. The minimum absolute atomic E-state index is 0.332. The van der Waals surface area contributed by atoms with E-state index in [1.165, 1.54) is 0 Å². The molecule has 0 spiro atoms. The lowest BCUT2D eigenvalue weighted by Gasteiger charge is -2.25. The van der Waals surface area contributed by atoms with Crippen LogP contribution in [-0.2, 0) is 22.4 Å². The molecule has 1 saturated heterocycles. The summed E-state index contributed by atoms with van der Waals surface area (Å²) in [5.41, 5.74) is 6.33. The molecule has 0 radical (unpaired) electrons. The Kier molecular flexibility index (Phi) is 6.41. The maximum Gasteiger partial charge on any atom is 0.230 e. The number of benzene rings is 2. The van der Waals surface area contributed by atoms with Crippen molar-refractivity contribution in [2.24, 2.45) is 0 Å². The summed E-state index contributed by atoms with van der Waals surface area (Å²) in [6.07, 6.45) is 1.38. The fourth-order valence-electron chi connectivity index (χ4n) is 4.28. The van der Waals surface area contributed by atoms with Gasteiger partial charge >= 0.3 is 0 Å². The van der Waals surface area contributed by atoms with Gasteiger partial charge in [0.25, 0.3) is 0 Å². The van der Waals surface area contributed by atoms with Crippen molar-refractivity contribution in [3.8, 4) is 17.7 Å². The summed E-state index contributed by atoms with van der Waals surface area (Å²) in [4.78, 5) is 9.44. The molecule has 174 valence electrons. The van der Waals surface area contributed by atoms with Gasteiger partial charge in [-0.1, -0.05) is 0 Å². The first-order chi connectivity index (χ1) is 16.6. The number of nitrogens with one attached hydrogen (secondary N) is 2. The first-order valence-corrected chi connectivity index (χ1v) is 11.5. The van der Waals surface area contributed by atoms with E-state index in [0.29, 0.717) is 37.2 Å². The van der Waals surface area contributed by atoms with Gasteiger partial charge in [0.2, 0.25) is 11.8 Å². The summed E-state index contributed by atoms with van der Waals surface area (Å²) >= 11 is 0. The van der Waals surface area contributed by atoms with Gasteiger partial charge in [-0.15, -0.1) is 0 Å². The maximum absolute atomic E-state index is 9.03. The van der Waals surface area contributed by atoms with Crippen molar-refractivity contribution in [2.75, 3.05) is 25.1 Å².